The normalized spacial score (nSPS) is 18.3. The molecule has 154 valence electrons. The summed E-state index contributed by atoms with van der Waals surface area (Å²) in [6, 6.07) is 10.0. The summed E-state index contributed by atoms with van der Waals surface area (Å²) in [7, 11) is 3.15. The number of thiophene rings is 1. The molecule has 0 spiro atoms. The molecule has 1 aromatic carbocycles. The molecule has 2 aliphatic rings. The molecule has 1 atom stereocenters. The number of hydrogen-bond acceptors (Lipinski definition) is 5. The molecule has 1 fully saturated rings. The van der Waals surface area contributed by atoms with Gasteiger partial charge in [-0.15, -0.1) is 11.3 Å². The first kappa shape index (κ1) is 19.9. The van der Waals surface area contributed by atoms with Crippen LogP contribution in [0.15, 0.2) is 35.7 Å². The van der Waals surface area contributed by atoms with Gasteiger partial charge in [0.2, 0.25) is 11.8 Å². The number of benzene rings is 1. The number of amides is 2. The molecular weight excluding hydrogens is 388 g/mol. The molecule has 0 N–H and O–H groups in total. The number of nitrogens with zero attached hydrogens (tertiary/aromatic N) is 2. The maximum Gasteiger partial charge on any atom is 0.249 e. The summed E-state index contributed by atoms with van der Waals surface area (Å²) < 4.78 is 10.3. The fourth-order valence-electron chi connectivity index (χ4n) is 3.98. The standard InChI is InChI=1S/C22H26N2O4S/c1-27-14-21(26)24(16-5-6-16)13-20(25)23-11-9-19-18(10-12-29-19)22(23)15-3-7-17(28-2)8-4-15/h3-4,7-8,10,12,16,22H,5-6,9,11,13-14H2,1-2H3/t22-/m1/s1. The first-order chi connectivity index (χ1) is 14.1. The van der Waals surface area contributed by atoms with Gasteiger partial charge in [0.25, 0.3) is 0 Å². The van der Waals surface area contributed by atoms with Crippen molar-refractivity contribution in [3.05, 3.63) is 51.7 Å². The fourth-order valence-corrected chi connectivity index (χ4v) is 4.88. The number of carbonyl (C=O) groups is 2. The van der Waals surface area contributed by atoms with Crippen molar-refractivity contribution < 1.29 is 19.1 Å². The van der Waals surface area contributed by atoms with E-state index in [2.05, 4.69) is 11.4 Å². The van der Waals surface area contributed by atoms with Crippen molar-refractivity contribution >= 4 is 23.2 Å². The van der Waals surface area contributed by atoms with Gasteiger partial charge in [0.15, 0.2) is 0 Å². The number of ether oxygens (including phenoxy) is 2. The number of hydrogen-bond donors (Lipinski definition) is 0. The molecule has 2 amide bonds. The molecule has 1 saturated carbocycles. The molecule has 4 rings (SSSR count). The Kier molecular flexibility index (Phi) is 5.87. The SMILES string of the molecule is COCC(=O)N(CC(=O)N1CCc2sccc2[C@H]1c1ccc(OC)cc1)C1CC1. The zero-order valence-corrected chi connectivity index (χ0v) is 17.6. The molecule has 6 nitrogen and oxygen atoms in total. The van der Waals surface area contributed by atoms with E-state index < -0.39 is 0 Å². The van der Waals surface area contributed by atoms with Crippen LogP contribution >= 0.6 is 11.3 Å². The molecule has 1 aliphatic heterocycles. The highest BCUT2D eigenvalue weighted by atomic mass is 32.1. The van der Waals surface area contributed by atoms with Crippen LogP contribution in [0.2, 0.25) is 0 Å². The van der Waals surface area contributed by atoms with Crippen molar-refractivity contribution in [2.75, 3.05) is 33.9 Å². The Morgan fingerprint density at radius 3 is 2.59 bits per heavy atom. The maximum absolute atomic E-state index is 13.4. The summed E-state index contributed by atoms with van der Waals surface area (Å²) >= 11 is 1.74. The first-order valence-corrected chi connectivity index (χ1v) is 10.8. The van der Waals surface area contributed by atoms with Crippen LogP contribution in [0.1, 0.15) is 34.9 Å². The first-order valence-electron chi connectivity index (χ1n) is 9.90. The van der Waals surface area contributed by atoms with Gasteiger partial charge in [0.1, 0.15) is 18.9 Å². The molecule has 1 aromatic heterocycles. The van der Waals surface area contributed by atoms with E-state index >= 15 is 0 Å². The lowest BCUT2D eigenvalue weighted by Crippen LogP contribution is -2.48. The zero-order chi connectivity index (χ0) is 20.4. The van der Waals surface area contributed by atoms with Crippen molar-refractivity contribution in [3.63, 3.8) is 0 Å². The topological polar surface area (TPSA) is 59.1 Å². The van der Waals surface area contributed by atoms with E-state index in [0.29, 0.717) is 6.54 Å². The van der Waals surface area contributed by atoms with Crippen LogP contribution < -0.4 is 4.74 Å². The third-order valence-corrected chi connectivity index (χ3v) is 6.60. The van der Waals surface area contributed by atoms with Crippen molar-refractivity contribution in [2.45, 2.75) is 31.3 Å². The van der Waals surface area contributed by atoms with Crippen LogP contribution in [0.3, 0.4) is 0 Å². The summed E-state index contributed by atoms with van der Waals surface area (Å²) in [5.74, 6) is 0.662. The lowest BCUT2D eigenvalue weighted by Gasteiger charge is -2.37. The highest BCUT2D eigenvalue weighted by Crippen LogP contribution is 2.38. The summed E-state index contributed by atoms with van der Waals surface area (Å²) in [5.41, 5.74) is 2.24. The maximum atomic E-state index is 13.4. The summed E-state index contributed by atoms with van der Waals surface area (Å²) in [6.45, 7) is 0.777. The molecule has 2 heterocycles. The van der Waals surface area contributed by atoms with Gasteiger partial charge in [0.05, 0.1) is 13.2 Å². The minimum atomic E-state index is -0.137. The largest absolute Gasteiger partial charge is 0.497 e. The van der Waals surface area contributed by atoms with Gasteiger partial charge in [-0.2, -0.15) is 0 Å². The van der Waals surface area contributed by atoms with Crippen molar-refractivity contribution in [1.82, 2.24) is 9.80 Å². The van der Waals surface area contributed by atoms with Gasteiger partial charge in [0, 0.05) is 24.6 Å². The second-order valence-corrected chi connectivity index (χ2v) is 8.50. The second-order valence-electron chi connectivity index (χ2n) is 7.50. The Hall–Kier alpha value is -2.38. The molecule has 0 bridgehead atoms. The lowest BCUT2D eigenvalue weighted by molar-refractivity contribution is -0.144. The third kappa shape index (κ3) is 4.16. The Bertz CT molecular complexity index is 875. The molecule has 2 aromatic rings. The Balaban J connectivity index is 1.60. The van der Waals surface area contributed by atoms with E-state index in [1.54, 1.807) is 23.3 Å². The number of rotatable bonds is 7. The van der Waals surface area contributed by atoms with Gasteiger partial charge >= 0.3 is 0 Å². The Morgan fingerprint density at radius 1 is 1.17 bits per heavy atom. The monoisotopic (exact) mass is 414 g/mol. The van der Waals surface area contributed by atoms with E-state index in [1.165, 1.54) is 17.6 Å². The van der Waals surface area contributed by atoms with Gasteiger partial charge in [-0.05, 0) is 54.0 Å². The average Bonchev–Trinajstić information content (AvgIpc) is 3.47. The van der Waals surface area contributed by atoms with Gasteiger partial charge < -0.3 is 19.3 Å². The van der Waals surface area contributed by atoms with Crippen molar-refractivity contribution in [2.24, 2.45) is 0 Å². The van der Waals surface area contributed by atoms with Crippen LogP contribution in [0, 0.1) is 0 Å². The van der Waals surface area contributed by atoms with Crippen LogP contribution in [-0.2, 0) is 20.7 Å². The summed E-state index contributed by atoms with van der Waals surface area (Å²) in [4.78, 5) is 30.7. The van der Waals surface area contributed by atoms with E-state index in [4.69, 9.17) is 9.47 Å². The number of fused-ring (bicyclic) bond motifs is 1. The van der Waals surface area contributed by atoms with Crippen LogP contribution in [-0.4, -0.2) is 61.6 Å². The quantitative estimate of drug-likeness (QED) is 0.699. The molecule has 7 heteroatoms. The Labute approximate surface area is 175 Å². The highest BCUT2D eigenvalue weighted by molar-refractivity contribution is 7.10. The molecule has 0 radical (unpaired) electrons. The Morgan fingerprint density at radius 2 is 1.93 bits per heavy atom. The smallest absolute Gasteiger partial charge is 0.249 e. The highest BCUT2D eigenvalue weighted by Gasteiger charge is 2.38. The molecule has 0 saturated heterocycles. The molecule has 29 heavy (non-hydrogen) atoms. The van der Waals surface area contributed by atoms with Crippen molar-refractivity contribution in [3.8, 4) is 5.75 Å². The van der Waals surface area contributed by atoms with E-state index in [0.717, 1.165) is 30.6 Å². The number of carbonyl (C=O) groups excluding carboxylic acids is 2. The zero-order valence-electron chi connectivity index (χ0n) is 16.8. The second kappa shape index (κ2) is 8.55. The van der Waals surface area contributed by atoms with Crippen LogP contribution in [0.25, 0.3) is 0 Å². The number of methoxy groups -OCH3 is 2. The minimum Gasteiger partial charge on any atom is -0.497 e. The molecule has 1 aliphatic carbocycles. The lowest BCUT2D eigenvalue weighted by atomic mass is 9.93. The van der Waals surface area contributed by atoms with E-state index in [9.17, 15) is 9.59 Å². The molecular formula is C22H26N2O4S. The molecule has 0 unspecified atom stereocenters. The van der Waals surface area contributed by atoms with E-state index in [1.807, 2.05) is 29.2 Å². The third-order valence-electron chi connectivity index (χ3n) is 5.60. The predicted molar refractivity (Wildman–Crippen MR) is 111 cm³/mol. The van der Waals surface area contributed by atoms with Crippen LogP contribution in [0.5, 0.6) is 5.75 Å². The fraction of sp³-hybridized carbons (Fsp3) is 0.455. The van der Waals surface area contributed by atoms with Crippen LogP contribution in [0.4, 0.5) is 0 Å². The van der Waals surface area contributed by atoms with Crippen molar-refractivity contribution in [1.29, 1.82) is 0 Å². The summed E-state index contributed by atoms with van der Waals surface area (Å²) in [6.07, 6.45) is 2.76. The van der Waals surface area contributed by atoms with Gasteiger partial charge in [-0.1, -0.05) is 12.1 Å². The average molecular weight is 415 g/mol. The van der Waals surface area contributed by atoms with Gasteiger partial charge in [-0.25, -0.2) is 0 Å². The van der Waals surface area contributed by atoms with Gasteiger partial charge in [-0.3, -0.25) is 9.59 Å². The van der Waals surface area contributed by atoms with E-state index in [-0.39, 0.29) is 37.0 Å². The summed E-state index contributed by atoms with van der Waals surface area (Å²) in [5, 5.41) is 2.09. The minimum absolute atomic E-state index is 0.0143. The predicted octanol–water partition coefficient (Wildman–Crippen LogP) is 2.87.